The molecule has 0 radical (unpaired) electrons. The fourth-order valence-electron chi connectivity index (χ4n) is 2.44. The molecule has 1 fully saturated rings. The standard InChI is InChI=1S/C11H18ClN3O2S/c1-9-10(7-13-14-9)18(16,17)15-11(8-12)5-3-2-4-6-11/h7,15H,2-6,8H2,1H3,(H,13,14). The van der Waals surface area contributed by atoms with Crippen LogP contribution in [0.5, 0.6) is 0 Å². The van der Waals surface area contributed by atoms with E-state index in [2.05, 4.69) is 14.9 Å². The molecule has 0 unspecified atom stereocenters. The van der Waals surface area contributed by atoms with Crippen LogP contribution in [0.25, 0.3) is 0 Å². The molecule has 0 aromatic carbocycles. The maximum absolute atomic E-state index is 12.3. The molecule has 0 atom stereocenters. The van der Waals surface area contributed by atoms with Crippen molar-refractivity contribution in [2.45, 2.75) is 49.5 Å². The fraction of sp³-hybridized carbons (Fsp3) is 0.727. The van der Waals surface area contributed by atoms with Crippen molar-refractivity contribution in [2.24, 2.45) is 0 Å². The smallest absolute Gasteiger partial charge is 0.244 e. The number of aromatic amines is 1. The fourth-order valence-corrected chi connectivity index (χ4v) is 4.45. The van der Waals surface area contributed by atoms with E-state index in [1.54, 1.807) is 6.92 Å². The molecule has 0 saturated heterocycles. The van der Waals surface area contributed by atoms with Crippen molar-refractivity contribution >= 4 is 21.6 Å². The van der Waals surface area contributed by atoms with Gasteiger partial charge in [0.25, 0.3) is 0 Å². The molecule has 102 valence electrons. The summed E-state index contributed by atoms with van der Waals surface area (Å²) in [6.45, 7) is 1.69. The Kier molecular flexibility index (Phi) is 3.99. The van der Waals surface area contributed by atoms with Crippen LogP contribution in [0.1, 0.15) is 37.8 Å². The highest BCUT2D eigenvalue weighted by atomic mass is 35.5. The van der Waals surface area contributed by atoms with Crippen LogP contribution >= 0.6 is 11.6 Å². The third kappa shape index (κ3) is 2.70. The van der Waals surface area contributed by atoms with Crippen LogP contribution in [0.4, 0.5) is 0 Å². The molecule has 7 heteroatoms. The van der Waals surface area contributed by atoms with Gasteiger partial charge in [-0.3, -0.25) is 5.10 Å². The van der Waals surface area contributed by atoms with E-state index in [9.17, 15) is 8.42 Å². The number of nitrogens with one attached hydrogen (secondary N) is 2. The van der Waals surface area contributed by atoms with Gasteiger partial charge in [-0.2, -0.15) is 5.10 Å². The number of hydrogen-bond acceptors (Lipinski definition) is 3. The molecule has 0 aliphatic heterocycles. The van der Waals surface area contributed by atoms with Crippen LogP contribution in [0.2, 0.25) is 0 Å². The van der Waals surface area contributed by atoms with Crippen molar-refractivity contribution in [3.8, 4) is 0 Å². The van der Waals surface area contributed by atoms with Gasteiger partial charge in [0, 0.05) is 11.4 Å². The van der Waals surface area contributed by atoms with Crippen LogP contribution < -0.4 is 4.72 Å². The number of nitrogens with zero attached hydrogens (tertiary/aromatic N) is 1. The number of alkyl halides is 1. The molecular formula is C11H18ClN3O2S. The molecule has 1 aliphatic carbocycles. The van der Waals surface area contributed by atoms with E-state index in [-0.39, 0.29) is 4.90 Å². The summed E-state index contributed by atoms with van der Waals surface area (Å²) in [6.07, 6.45) is 6.10. The average molecular weight is 292 g/mol. The van der Waals surface area contributed by atoms with Gasteiger partial charge in [-0.25, -0.2) is 13.1 Å². The number of sulfonamides is 1. The summed E-state index contributed by atoms with van der Waals surface area (Å²) in [5, 5.41) is 6.39. The summed E-state index contributed by atoms with van der Waals surface area (Å²) >= 11 is 5.99. The summed E-state index contributed by atoms with van der Waals surface area (Å²) in [5.74, 6) is 0.309. The summed E-state index contributed by atoms with van der Waals surface area (Å²) in [6, 6.07) is 0. The number of hydrogen-bond donors (Lipinski definition) is 2. The maximum atomic E-state index is 12.3. The largest absolute Gasteiger partial charge is 0.281 e. The molecule has 1 heterocycles. The van der Waals surface area contributed by atoms with Crippen LogP contribution in [0.15, 0.2) is 11.1 Å². The maximum Gasteiger partial charge on any atom is 0.244 e. The molecule has 0 spiro atoms. The van der Waals surface area contributed by atoms with Gasteiger partial charge in [0.15, 0.2) is 0 Å². The van der Waals surface area contributed by atoms with E-state index in [4.69, 9.17) is 11.6 Å². The number of aryl methyl sites for hydroxylation is 1. The lowest BCUT2D eigenvalue weighted by Crippen LogP contribution is -2.51. The zero-order chi connectivity index (χ0) is 13.2. The van der Waals surface area contributed by atoms with Gasteiger partial charge >= 0.3 is 0 Å². The number of halogens is 1. The lowest BCUT2D eigenvalue weighted by atomic mass is 9.84. The van der Waals surface area contributed by atoms with Gasteiger partial charge in [0.1, 0.15) is 4.90 Å². The first-order valence-corrected chi connectivity index (χ1v) is 8.11. The highest BCUT2D eigenvalue weighted by molar-refractivity contribution is 7.89. The van der Waals surface area contributed by atoms with Crippen molar-refractivity contribution in [1.82, 2.24) is 14.9 Å². The first kappa shape index (κ1) is 13.8. The molecule has 5 nitrogen and oxygen atoms in total. The zero-order valence-corrected chi connectivity index (χ0v) is 11.9. The normalized spacial score (nSPS) is 19.9. The van der Waals surface area contributed by atoms with Crippen LogP contribution in [0, 0.1) is 6.92 Å². The molecular weight excluding hydrogens is 274 g/mol. The Bertz CT molecular complexity index is 506. The van der Waals surface area contributed by atoms with E-state index in [1.807, 2.05) is 0 Å². The van der Waals surface area contributed by atoms with Crippen molar-refractivity contribution in [2.75, 3.05) is 5.88 Å². The Morgan fingerprint density at radius 2 is 2.11 bits per heavy atom. The molecule has 18 heavy (non-hydrogen) atoms. The van der Waals surface area contributed by atoms with Gasteiger partial charge in [-0.15, -0.1) is 11.6 Å². The van der Waals surface area contributed by atoms with Crippen molar-refractivity contribution in [3.63, 3.8) is 0 Å². The van der Waals surface area contributed by atoms with Gasteiger partial charge in [-0.05, 0) is 19.8 Å². The lowest BCUT2D eigenvalue weighted by molar-refractivity contribution is 0.298. The molecule has 1 aromatic rings. The summed E-state index contributed by atoms with van der Waals surface area (Å²) in [4.78, 5) is 0.206. The SMILES string of the molecule is Cc1[nH]ncc1S(=O)(=O)NC1(CCl)CCCCC1. The molecule has 2 rings (SSSR count). The number of aromatic nitrogens is 2. The Morgan fingerprint density at radius 3 is 2.61 bits per heavy atom. The minimum absolute atomic E-state index is 0.206. The second-order valence-corrected chi connectivity index (χ2v) is 6.86. The highest BCUT2D eigenvalue weighted by Gasteiger charge is 2.36. The lowest BCUT2D eigenvalue weighted by Gasteiger charge is -2.35. The Labute approximate surface area is 112 Å². The Hall–Kier alpha value is -0.590. The first-order valence-electron chi connectivity index (χ1n) is 6.09. The number of H-pyrrole nitrogens is 1. The predicted octanol–water partition coefficient (Wildman–Crippen LogP) is 1.94. The van der Waals surface area contributed by atoms with Crippen LogP contribution in [-0.2, 0) is 10.0 Å². The third-order valence-electron chi connectivity index (χ3n) is 3.49. The van der Waals surface area contributed by atoms with Gasteiger partial charge in [0.05, 0.1) is 11.9 Å². The zero-order valence-electron chi connectivity index (χ0n) is 10.4. The second kappa shape index (κ2) is 5.19. The summed E-state index contributed by atoms with van der Waals surface area (Å²) < 4.78 is 27.4. The van der Waals surface area contributed by atoms with Crippen molar-refractivity contribution < 1.29 is 8.42 Å². The quantitative estimate of drug-likeness (QED) is 0.833. The van der Waals surface area contributed by atoms with E-state index in [0.29, 0.717) is 11.6 Å². The Balaban J connectivity index is 2.24. The minimum Gasteiger partial charge on any atom is -0.281 e. The van der Waals surface area contributed by atoms with E-state index in [1.165, 1.54) is 6.20 Å². The molecule has 0 bridgehead atoms. The second-order valence-electron chi connectivity index (χ2n) is 4.94. The number of rotatable bonds is 4. The van der Waals surface area contributed by atoms with E-state index in [0.717, 1.165) is 32.1 Å². The average Bonchev–Trinajstić information content (AvgIpc) is 2.77. The van der Waals surface area contributed by atoms with Gasteiger partial charge in [0.2, 0.25) is 10.0 Å². The molecule has 1 saturated carbocycles. The summed E-state index contributed by atoms with van der Waals surface area (Å²) in [5.41, 5.74) is 0.0468. The topological polar surface area (TPSA) is 74.8 Å². The van der Waals surface area contributed by atoms with Gasteiger partial charge in [-0.1, -0.05) is 19.3 Å². The monoisotopic (exact) mass is 291 g/mol. The molecule has 1 aromatic heterocycles. The molecule has 1 aliphatic rings. The summed E-state index contributed by atoms with van der Waals surface area (Å²) in [7, 11) is -3.55. The molecule has 2 N–H and O–H groups in total. The van der Waals surface area contributed by atoms with Gasteiger partial charge < -0.3 is 0 Å². The van der Waals surface area contributed by atoms with Crippen molar-refractivity contribution in [1.29, 1.82) is 0 Å². The van der Waals surface area contributed by atoms with Crippen LogP contribution in [0.3, 0.4) is 0 Å². The highest BCUT2D eigenvalue weighted by Crippen LogP contribution is 2.31. The van der Waals surface area contributed by atoms with E-state index >= 15 is 0 Å². The van der Waals surface area contributed by atoms with Crippen LogP contribution in [-0.4, -0.2) is 30.0 Å². The first-order chi connectivity index (χ1) is 8.49. The predicted molar refractivity (Wildman–Crippen MR) is 70.2 cm³/mol. The van der Waals surface area contributed by atoms with Crippen molar-refractivity contribution in [3.05, 3.63) is 11.9 Å². The Morgan fingerprint density at radius 1 is 1.44 bits per heavy atom. The third-order valence-corrected chi connectivity index (χ3v) is 5.69. The minimum atomic E-state index is -3.55. The molecule has 0 amide bonds. The van der Waals surface area contributed by atoms with E-state index < -0.39 is 15.6 Å².